The third kappa shape index (κ3) is 5.73. The summed E-state index contributed by atoms with van der Waals surface area (Å²) in [5, 5.41) is 6.57. The third-order valence-corrected chi connectivity index (χ3v) is 3.47. The molecule has 0 aromatic heterocycles. The highest BCUT2D eigenvalue weighted by atomic mass is 35.5. The zero-order valence-corrected chi connectivity index (χ0v) is 12.1. The number of hydrogen-bond acceptors (Lipinski definition) is 2. The lowest BCUT2D eigenvalue weighted by atomic mass is 9.92. The van der Waals surface area contributed by atoms with Crippen molar-refractivity contribution in [2.45, 2.75) is 65.0 Å². The molecule has 2 N–H and O–H groups in total. The van der Waals surface area contributed by atoms with Crippen LogP contribution in [0.25, 0.3) is 0 Å². The van der Waals surface area contributed by atoms with Crippen LogP contribution in [0.2, 0.25) is 0 Å². The van der Waals surface area contributed by atoms with Gasteiger partial charge in [0.1, 0.15) is 0 Å². The molecule has 0 bridgehead atoms. The molecule has 0 aromatic rings. The number of halogens is 1. The molecule has 1 saturated heterocycles. The summed E-state index contributed by atoms with van der Waals surface area (Å²) in [6.45, 7) is 7.44. The molecule has 1 aliphatic rings. The van der Waals surface area contributed by atoms with Crippen molar-refractivity contribution in [1.82, 2.24) is 10.6 Å². The minimum Gasteiger partial charge on any atom is -0.353 e. The number of hydrogen-bond donors (Lipinski definition) is 2. The topological polar surface area (TPSA) is 41.1 Å². The highest BCUT2D eigenvalue weighted by molar-refractivity contribution is 5.85. The Kier molecular flexibility index (Phi) is 8.61. The maximum atomic E-state index is 12.0. The lowest BCUT2D eigenvalue weighted by Crippen LogP contribution is -2.45. The van der Waals surface area contributed by atoms with Gasteiger partial charge in [0.25, 0.3) is 0 Å². The first-order valence-electron chi connectivity index (χ1n) is 6.71. The molecule has 0 spiro atoms. The Morgan fingerprint density at radius 3 is 2.71 bits per heavy atom. The molecule has 0 radical (unpaired) electrons. The van der Waals surface area contributed by atoms with Gasteiger partial charge in [0.05, 0.1) is 0 Å². The van der Waals surface area contributed by atoms with Gasteiger partial charge in [-0.3, -0.25) is 4.79 Å². The molecule has 1 unspecified atom stereocenters. The van der Waals surface area contributed by atoms with Crippen LogP contribution < -0.4 is 10.6 Å². The van der Waals surface area contributed by atoms with Crippen molar-refractivity contribution in [1.29, 1.82) is 0 Å². The van der Waals surface area contributed by atoms with Gasteiger partial charge in [-0.2, -0.15) is 0 Å². The van der Waals surface area contributed by atoms with Crippen molar-refractivity contribution in [3.63, 3.8) is 0 Å². The highest BCUT2D eigenvalue weighted by Gasteiger charge is 2.25. The summed E-state index contributed by atoms with van der Waals surface area (Å²) >= 11 is 0. The molecule has 0 aliphatic carbocycles. The first-order chi connectivity index (χ1) is 7.67. The van der Waals surface area contributed by atoms with Gasteiger partial charge in [-0.15, -0.1) is 12.4 Å². The van der Waals surface area contributed by atoms with Crippen molar-refractivity contribution in [3.05, 3.63) is 0 Å². The van der Waals surface area contributed by atoms with E-state index in [1.54, 1.807) is 0 Å². The molecule has 1 amide bonds. The summed E-state index contributed by atoms with van der Waals surface area (Å²) in [5.74, 6) is 0.496. The van der Waals surface area contributed by atoms with Gasteiger partial charge in [-0.05, 0) is 39.2 Å². The Morgan fingerprint density at radius 2 is 2.18 bits per heavy atom. The molecule has 1 fully saturated rings. The molecule has 0 aromatic carbocycles. The third-order valence-electron chi connectivity index (χ3n) is 3.47. The Labute approximate surface area is 112 Å². The first kappa shape index (κ1) is 16.7. The van der Waals surface area contributed by atoms with Crippen LogP contribution in [0.3, 0.4) is 0 Å². The number of carbonyl (C=O) groups is 1. The molecule has 0 saturated carbocycles. The molecule has 3 nitrogen and oxygen atoms in total. The number of carbonyl (C=O) groups excluding carboxylic acids is 1. The van der Waals surface area contributed by atoms with Crippen molar-refractivity contribution in [2.75, 3.05) is 6.54 Å². The summed E-state index contributed by atoms with van der Waals surface area (Å²) in [6.07, 6.45) is 5.25. The van der Waals surface area contributed by atoms with Gasteiger partial charge < -0.3 is 10.6 Å². The molecular weight excluding hydrogens is 236 g/mol. The van der Waals surface area contributed by atoms with E-state index in [4.69, 9.17) is 0 Å². The van der Waals surface area contributed by atoms with Crippen molar-refractivity contribution in [2.24, 2.45) is 5.92 Å². The van der Waals surface area contributed by atoms with Gasteiger partial charge in [-0.1, -0.05) is 20.3 Å². The minimum atomic E-state index is 0. The van der Waals surface area contributed by atoms with Crippen LogP contribution in [0.4, 0.5) is 0 Å². The number of amides is 1. The Balaban J connectivity index is 0.00000256. The number of nitrogens with one attached hydrogen (secondary N) is 2. The fraction of sp³-hybridized carbons (Fsp3) is 0.923. The highest BCUT2D eigenvalue weighted by Crippen LogP contribution is 2.16. The van der Waals surface area contributed by atoms with Crippen LogP contribution in [0.15, 0.2) is 0 Å². The normalized spacial score (nSPS) is 25.8. The maximum absolute atomic E-state index is 12.0. The Morgan fingerprint density at radius 1 is 1.47 bits per heavy atom. The van der Waals surface area contributed by atoms with Gasteiger partial charge in [0, 0.05) is 18.0 Å². The summed E-state index contributed by atoms with van der Waals surface area (Å²) in [7, 11) is 0. The van der Waals surface area contributed by atoms with Crippen LogP contribution in [0.5, 0.6) is 0 Å². The smallest absolute Gasteiger partial charge is 0.223 e. The van der Waals surface area contributed by atoms with Crippen LogP contribution in [-0.2, 0) is 4.79 Å². The van der Waals surface area contributed by atoms with E-state index >= 15 is 0 Å². The van der Waals surface area contributed by atoms with Gasteiger partial charge in [0.15, 0.2) is 0 Å². The fourth-order valence-corrected chi connectivity index (χ4v) is 2.42. The monoisotopic (exact) mass is 262 g/mol. The van der Waals surface area contributed by atoms with E-state index in [1.165, 1.54) is 0 Å². The van der Waals surface area contributed by atoms with E-state index in [1.807, 2.05) is 0 Å². The summed E-state index contributed by atoms with van der Waals surface area (Å²) < 4.78 is 0. The van der Waals surface area contributed by atoms with Crippen LogP contribution in [0.1, 0.15) is 52.9 Å². The second-order valence-electron chi connectivity index (χ2n) is 4.98. The minimum absolute atomic E-state index is 0. The standard InChI is InChI=1S/C13H26N2O.ClH/c1-4-6-12(5-2)15-13(16)11-7-8-14-10(3)9-11;/h10-12,14H,4-9H2,1-3H3,(H,15,16);1H/t10-,11-,12?;/m0./s1. The molecule has 1 heterocycles. The molecule has 1 aliphatic heterocycles. The van der Waals surface area contributed by atoms with E-state index in [2.05, 4.69) is 31.4 Å². The molecular formula is C13H27ClN2O. The SMILES string of the molecule is CCCC(CC)NC(=O)[C@H]1CCN[C@@H](C)C1.Cl. The predicted octanol–water partition coefficient (Wildman–Crippen LogP) is 2.49. The lowest BCUT2D eigenvalue weighted by Gasteiger charge is -2.28. The van der Waals surface area contributed by atoms with Crippen LogP contribution in [0, 0.1) is 5.92 Å². The maximum Gasteiger partial charge on any atom is 0.223 e. The van der Waals surface area contributed by atoms with Crippen molar-refractivity contribution < 1.29 is 4.79 Å². The lowest BCUT2D eigenvalue weighted by molar-refractivity contribution is -0.126. The van der Waals surface area contributed by atoms with E-state index in [0.29, 0.717) is 12.1 Å². The Hall–Kier alpha value is -0.280. The average Bonchev–Trinajstić information content (AvgIpc) is 2.28. The van der Waals surface area contributed by atoms with E-state index in [9.17, 15) is 4.79 Å². The van der Waals surface area contributed by atoms with Crippen molar-refractivity contribution in [3.8, 4) is 0 Å². The second kappa shape index (κ2) is 8.76. The summed E-state index contributed by atoms with van der Waals surface area (Å²) in [4.78, 5) is 12.0. The first-order valence-corrected chi connectivity index (χ1v) is 6.71. The summed E-state index contributed by atoms with van der Waals surface area (Å²) in [6, 6.07) is 0.860. The van der Waals surface area contributed by atoms with Gasteiger partial charge in [0.2, 0.25) is 5.91 Å². The summed E-state index contributed by atoms with van der Waals surface area (Å²) in [5.41, 5.74) is 0. The predicted molar refractivity (Wildman–Crippen MR) is 74.6 cm³/mol. The van der Waals surface area contributed by atoms with Gasteiger partial charge >= 0.3 is 0 Å². The van der Waals surface area contributed by atoms with E-state index in [-0.39, 0.29) is 24.2 Å². The second-order valence-corrected chi connectivity index (χ2v) is 4.98. The molecule has 102 valence electrons. The number of piperidine rings is 1. The van der Waals surface area contributed by atoms with Crippen LogP contribution >= 0.6 is 12.4 Å². The van der Waals surface area contributed by atoms with Crippen LogP contribution in [-0.4, -0.2) is 24.5 Å². The Bertz CT molecular complexity index is 223. The zero-order chi connectivity index (χ0) is 12.0. The molecule has 1 rings (SSSR count). The average molecular weight is 263 g/mol. The van der Waals surface area contributed by atoms with E-state index in [0.717, 1.165) is 38.6 Å². The fourth-order valence-electron chi connectivity index (χ4n) is 2.42. The molecule has 3 atom stereocenters. The molecule has 4 heteroatoms. The van der Waals surface area contributed by atoms with Crippen molar-refractivity contribution >= 4 is 18.3 Å². The zero-order valence-electron chi connectivity index (χ0n) is 11.3. The number of rotatable bonds is 5. The largest absolute Gasteiger partial charge is 0.353 e. The van der Waals surface area contributed by atoms with Gasteiger partial charge in [-0.25, -0.2) is 0 Å². The van der Waals surface area contributed by atoms with E-state index < -0.39 is 0 Å². The molecule has 17 heavy (non-hydrogen) atoms. The quantitative estimate of drug-likeness (QED) is 0.799.